The Labute approximate surface area is 161 Å². The largest absolute Gasteiger partial charge is 0.365 e. The van der Waals surface area contributed by atoms with Crippen LogP contribution in [0.5, 0.6) is 0 Å². The number of ether oxygens (including phenoxy) is 1. The average molecular weight is 385 g/mol. The Bertz CT molecular complexity index is 626. The quantitative estimate of drug-likeness (QED) is 0.799. The van der Waals surface area contributed by atoms with Crippen LogP contribution in [-0.2, 0) is 22.5 Å². The highest BCUT2D eigenvalue weighted by Crippen LogP contribution is 2.28. The van der Waals surface area contributed by atoms with Crippen LogP contribution in [0.1, 0.15) is 57.1 Å². The monoisotopic (exact) mass is 384 g/mol. The van der Waals surface area contributed by atoms with E-state index in [-0.39, 0.29) is 35.9 Å². The molecule has 1 aromatic carbocycles. The Morgan fingerprint density at radius 1 is 1.42 bits per heavy atom. The van der Waals surface area contributed by atoms with Crippen LogP contribution in [0, 0.1) is 11.7 Å². The zero-order chi connectivity index (χ0) is 17.8. The lowest BCUT2D eigenvalue weighted by molar-refractivity contribution is -0.133. The fourth-order valence-electron chi connectivity index (χ4n) is 3.92. The van der Waals surface area contributed by atoms with Gasteiger partial charge in [0.05, 0.1) is 11.8 Å². The highest BCUT2D eigenvalue weighted by molar-refractivity contribution is 5.94. The van der Waals surface area contributed by atoms with Gasteiger partial charge in [-0.15, -0.1) is 12.4 Å². The number of hydrogen-bond acceptors (Lipinski definition) is 3. The van der Waals surface area contributed by atoms with Gasteiger partial charge in [-0.1, -0.05) is 32.8 Å². The molecule has 0 spiro atoms. The predicted octanol–water partition coefficient (Wildman–Crippen LogP) is 4.21. The number of nitrogens with one attached hydrogen (secondary N) is 2. The summed E-state index contributed by atoms with van der Waals surface area (Å²) in [5, 5.41) is 5.98. The van der Waals surface area contributed by atoms with Gasteiger partial charge in [0, 0.05) is 6.54 Å². The van der Waals surface area contributed by atoms with Crippen LogP contribution in [0.2, 0.25) is 0 Å². The summed E-state index contributed by atoms with van der Waals surface area (Å²) in [5.41, 5.74) is 1.96. The van der Waals surface area contributed by atoms with Crippen molar-refractivity contribution in [3.05, 3.63) is 29.1 Å². The maximum atomic E-state index is 14.7. The highest BCUT2D eigenvalue weighted by Gasteiger charge is 2.27. The molecule has 2 aliphatic rings. The van der Waals surface area contributed by atoms with Crippen molar-refractivity contribution in [1.82, 2.24) is 5.32 Å². The number of carbonyl (C=O) groups excluding carboxylic acids is 1. The first-order chi connectivity index (χ1) is 12.1. The molecule has 26 heavy (non-hydrogen) atoms. The number of amides is 1. The molecule has 1 heterocycles. The minimum absolute atomic E-state index is 0. The summed E-state index contributed by atoms with van der Waals surface area (Å²) in [6, 6.07) is 3.55. The number of rotatable bonds is 5. The summed E-state index contributed by atoms with van der Waals surface area (Å²) in [6.45, 7) is 5.61. The molecule has 2 N–H and O–H groups in total. The number of halogens is 2. The zero-order valence-corrected chi connectivity index (χ0v) is 16.5. The summed E-state index contributed by atoms with van der Waals surface area (Å²) in [5.74, 6) is 0.105. The number of carbonyl (C=O) groups is 1. The van der Waals surface area contributed by atoms with Gasteiger partial charge in [-0.25, -0.2) is 4.39 Å². The van der Waals surface area contributed by atoms with Crippen LogP contribution in [0.25, 0.3) is 0 Å². The van der Waals surface area contributed by atoms with Crippen LogP contribution >= 0.6 is 12.4 Å². The smallest absolute Gasteiger partial charge is 0.253 e. The SMILES string of the molecule is CCC(OC1CCCC(C)C1)C(=O)Nc1ccc2c(c1F)CCNC2.Cl. The zero-order valence-electron chi connectivity index (χ0n) is 15.6. The molecule has 146 valence electrons. The lowest BCUT2D eigenvalue weighted by Gasteiger charge is -2.30. The van der Waals surface area contributed by atoms with Crippen molar-refractivity contribution in [2.24, 2.45) is 5.92 Å². The molecule has 3 unspecified atom stereocenters. The lowest BCUT2D eigenvalue weighted by atomic mass is 9.88. The van der Waals surface area contributed by atoms with Gasteiger partial charge in [0.15, 0.2) is 0 Å². The molecule has 0 bridgehead atoms. The third-order valence-electron chi connectivity index (χ3n) is 5.37. The van der Waals surface area contributed by atoms with E-state index in [1.165, 1.54) is 6.42 Å². The van der Waals surface area contributed by atoms with Gasteiger partial charge in [-0.2, -0.15) is 0 Å². The fraction of sp³-hybridized carbons (Fsp3) is 0.650. The summed E-state index contributed by atoms with van der Waals surface area (Å²) >= 11 is 0. The molecule has 1 aliphatic heterocycles. The third-order valence-corrected chi connectivity index (χ3v) is 5.37. The number of hydrogen-bond donors (Lipinski definition) is 2. The van der Waals surface area contributed by atoms with E-state index in [2.05, 4.69) is 17.6 Å². The molecule has 4 nitrogen and oxygen atoms in total. The molecule has 0 radical (unpaired) electrons. The van der Waals surface area contributed by atoms with Crippen molar-refractivity contribution in [2.45, 2.75) is 71.1 Å². The maximum Gasteiger partial charge on any atom is 0.253 e. The molecular formula is C20H30ClFN2O2. The number of fused-ring (bicyclic) bond motifs is 1. The normalized spacial score (nSPS) is 23.5. The molecule has 3 rings (SSSR count). The molecule has 0 saturated heterocycles. The fourth-order valence-corrected chi connectivity index (χ4v) is 3.92. The molecule has 3 atom stereocenters. The second kappa shape index (κ2) is 9.67. The van der Waals surface area contributed by atoms with E-state index >= 15 is 0 Å². The molecule has 1 aliphatic carbocycles. The first-order valence-corrected chi connectivity index (χ1v) is 9.55. The van der Waals surface area contributed by atoms with E-state index in [1.807, 2.05) is 13.0 Å². The van der Waals surface area contributed by atoms with Crippen molar-refractivity contribution in [3.8, 4) is 0 Å². The Balaban J connectivity index is 0.00000243. The van der Waals surface area contributed by atoms with E-state index in [9.17, 15) is 9.18 Å². The van der Waals surface area contributed by atoms with Crippen LogP contribution < -0.4 is 10.6 Å². The third kappa shape index (κ3) is 4.96. The van der Waals surface area contributed by atoms with E-state index in [1.54, 1.807) is 6.07 Å². The van der Waals surface area contributed by atoms with Gasteiger partial charge in [0.1, 0.15) is 11.9 Å². The maximum absolute atomic E-state index is 14.7. The minimum Gasteiger partial charge on any atom is -0.365 e. The standard InChI is InChI=1S/C20H29FN2O2.ClH/c1-3-18(25-15-6-4-5-13(2)11-15)20(24)23-17-8-7-14-12-22-10-9-16(14)19(17)21;/h7-8,13,15,18,22H,3-6,9-12H2,1-2H3,(H,23,24);1H. The average Bonchev–Trinajstić information content (AvgIpc) is 2.62. The molecular weight excluding hydrogens is 355 g/mol. The van der Waals surface area contributed by atoms with E-state index < -0.39 is 6.10 Å². The minimum atomic E-state index is -0.521. The van der Waals surface area contributed by atoms with Gasteiger partial charge in [-0.05, 0) is 55.3 Å². The summed E-state index contributed by atoms with van der Waals surface area (Å²) in [7, 11) is 0. The van der Waals surface area contributed by atoms with Crippen LogP contribution in [0.3, 0.4) is 0 Å². The summed E-state index contributed by atoms with van der Waals surface area (Å²) in [4.78, 5) is 12.6. The van der Waals surface area contributed by atoms with E-state index in [4.69, 9.17) is 4.74 Å². The molecule has 1 saturated carbocycles. The Morgan fingerprint density at radius 3 is 2.96 bits per heavy atom. The van der Waals surface area contributed by atoms with Gasteiger partial charge in [0.25, 0.3) is 5.91 Å². The van der Waals surface area contributed by atoms with Crippen LogP contribution in [0.15, 0.2) is 12.1 Å². The van der Waals surface area contributed by atoms with E-state index in [0.29, 0.717) is 30.9 Å². The van der Waals surface area contributed by atoms with Gasteiger partial charge in [-0.3, -0.25) is 4.79 Å². The van der Waals surface area contributed by atoms with Gasteiger partial charge in [0.2, 0.25) is 0 Å². The van der Waals surface area contributed by atoms with Crippen molar-refractivity contribution < 1.29 is 13.9 Å². The van der Waals surface area contributed by atoms with Crippen LogP contribution in [0.4, 0.5) is 10.1 Å². The molecule has 1 aromatic rings. The van der Waals surface area contributed by atoms with Crippen molar-refractivity contribution in [1.29, 1.82) is 0 Å². The Morgan fingerprint density at radius 2 is 2.23 bits per heavy atom. The molecule has 6 heteroatoms. The van der Waals surface area contributed by atoms with Crippen LogP contribution in [-0.4, -0.2) is 24.7 Å². The van der Waals surface area contributed by atoms with Gasteiger partial charge < -0.3 is 15.4 Å². The molecule has 1 amide bonds. The number of benzene rings is 1. The first-order valence-electron chi connectivity index (χ1n) is 9.55. The summed E-state index contributed by atoms with van der Waals surface area (Å²) in [6.07, 6.45) is 5.26. The predicted molar refractivity (Wildman–Crippen MR) is 104 cm³/mol. The molecule has 1 fully saturated rings. The highest BCUT2D eigenvalue weighted by atomic mass is 35.5. The number of anilines is 1. The second-order valence-corrected chi connectivity index (χ2v) is 7.41. The van der Waals surface area contributed by atoms with E-state index in [0.717, 1.165) is 31.4 Å². The summed E-state index contributed by atoms with van der Waals surface area (Å²) < 4.78 is 20.8. The Kier molecular flexibility index (Phi) is 7.86. The van der Waals surface area contributed by atoms with Crippen molar-refractivity contribution in [3.63, 3.8) is 0 Å². The molecule has 0 aromatic heterocycles. The topological polar surface area (TPSA) is 50.4 Å². The second-order valence-electron chi connectivity index (χ2n) is 7.41. The Hall–Kier alpha value is -1.17. The first kappa shape index (κ1) is 21.1. The lowest BCUT2D eigenvalue weighted by Crippen LogP contribution is -2.35. The van der Waals surface area contributed by atoms with Crippen molar-refractivity contribution >= 4 is 24.0 Å². The van der Waals surface area contributed by atoms with Gasteiger partial charge >= 0.3 is 0 Å². The van der Waals surface area contributed by atoms with Crippen molar-refractivity contribution in [2.75, 3.05) is 11.9 Å².